The van der Waals surface area contributed by atoms with E-state index in [0.29, 0.717) is 5.69 Å². The van der Waals surface area contributed by atoms with Gasteiger partial charge in [-0.15, -0.1) is 0 Å². The number of azo groups is 1. The average molecular weight is 164 g/mol. The fourth-order valence-corrected chi connectivity index (χ4v) is 0.670. The second kappa shape index (κ2) is 3.61. The summed E-state index contributed by atoms with van der Waals surface area (Å²) in [5, 5.41) is 14.2. The van der Waals surface area contributed by atoms with E-state index in [1.165, 1.54) is 6.92 Å². The minimum atomic E-state index is -0.626. The van der Waals surface area contributed by atoms with Crippen molar-refractivity contribution in [3.05, 3.63) is 35.5 Å². The Bertz CT molecular complexity index is 306. The summed E-state index contributed by atoms with van der Waals surface area (Å²) in [6, 6.07) is 8.59. The first-order valence-electron chi connectivity index (χ1n) is 3.44. The summed E-state index contributed by atoms with van der Waals surface area (Å²) in [5.74, 6) is -0.626. The van der Waals surface area contributed by atoms with Crippen LogP contribution < -0.4 is 0 Å². The standard InChI is InChI=1S/C8H8N2O2/c1-7(11)10(12)9-8-5-3-2-4-6-8/h2-6H,1H3. The third-order valence-corrected chi connectivity index (χ3v) is 1.23. The van der Waals surface area contributed by atoms with Crippen LogP contribution in [0.5, 0.6) is 0 Å². The van der Waals surface area contributed by atoms with Gasteiger partial charge in [-0.2, -0.15) is 0 Å². The molecule has 0 saturated heterocycles. The number of benzene rings is 1. The Balaban J connectivity index is 2.89. The van der Waals surface area contributed by atoms with Gasteiger partial charge in [0.1, 0.15) is 5.69 Å². The number of hydrogen-bond acceptors (Lipinski definition) is 3. The van der Waals surface area contributed by atoms with Gasteiger partial charge >= 0.3 is 5.91 Å². The molecule has 0 heterocycles. The zero-order chi connectivity index (χ0) is 8.97. The van der Waals surface area contributed by atoms with Gasteiger partial charge in [0, 0.05) is 5.11 Å². The highest BCUT2D eigenvalue weighted by Crippen LogP contribution is 2.09. The molecule has 12 heavy (non-hydrogen) atoms. The first kappa shape index (κ1) is 8.39. The molecule has 1 rings (SSSR count). The Kier molecular flexibility index (Phi) is 2.53. The summed E-state index contributed by atoms with van der Waals surface area (Å²) in [4.78, 5) is 10.5. The van der Waals surface area contributed by atoms with Crippen molar-refractivity contribution in [1.82, 2.24) is 0 Å². The third kappa shape index (κ3) is 2.16. The lowest BCUT2D eigenvalue weighted by molar-refractivity contribution is -0.443. The molecule has 0 aliphatic heterocycles. The molecule has 62 valence electrons. The Morgan fingerprint density at radius 3 is 2.50 bits per heavy atom. The van der Waals surface area contributed by atoms with Crippen molar-refractivity contribution < 1.29 is 9.66 Å². The monoisotopic (exact) mass is 164 g/mol. The number of hydroxylamine groups is 1. The summed E-state index contributed by atoms with van der Waals surface area (Å²) >= 11 is 0. The van der Waals surface area contributed by atoms with E-state index in [2.05, 4.69) is 5.11 Å². The van der Waals surface area contributed by atoms with Crippen LogP contribution >= 0.6 is 0 Å². The predicted octanol–water partition coefficient (Wildman–Crippen LogP) is 1.83. The molecule has 4 nitrogen and oxygen atoms in total. The highest BCUT2D eigenvalue weighted by molar-refractivity contribution is 5.63. The number of amides is 1. The zero-order valence-corrected chi connectivity index (χ0v) is 6.60. The topological polar surface area (TPSA) is 55.5 Å². The number of nitrogens with zero attached hydrogens (tertiary/aromatic N) is 2. The summed E-state index contributed by atoms with van der Waals surface area (Å²) in [6.45, 7) is 1.17. The Morgan fingerprint density at radius 2 is 2.00 bits per heavy atom. The van der Waals surface area contributed by atoms with Gasteiger partial charge < -0.3 is 5.21 Å². The molecule has 0 radical (unpaired) electrons. The lowest BCUT2D eigenvalue weighted by Gasteiger charge is -1.92. The van der Waals surface area contributed by atoms with E-state index in [1.807, 2.05) is 6.07 Å². The molecule has 0 N–H and O–H groups in total. The molecular weight excluding hydrogens is 156 g/mol. The molecule has 0 bridgehead atoms. The fraction of sp³-hybridized carbons (Fsp3) is 0.125. The van der Waals surface area contributed by atoms with Gasteiger partial charge in [0.05, 0.1) is 6.92 Å². The molecule has 0 aliphatic carbocycles. The quantitative estimate of drug-likeness (QED) is 0.361. The van der Waals surface area contributed by atoms with Crippen LogP contribution in [0.1, 0.15) is 6.92 Å². The summed E-state index contributed by atoms with van der Waals surface area (Å²) in [7, 11) is 0. The lowest BCUT2D eigenvalue weighted by Crippen LogP contribution is -2.06. The third-order valence-electron chi connectivity index (χ3n) is 1.23. The zero-order valence-electron chi connectivity index (χ0n) is 6.60. The number of hydrogen-bond donors (Lipinski definition) is 0. The van der Waals surface area contributed by atoms with Crippen molar-refractivity contribution in [1.29, 1.82) is 0 Å². The molecule has 0 unspecified atom stereocenters. The van der Waals surface area contributed by atoms with Gasteiger partial charge in [-0.3, -0.25) is 0 Å². The Morgan fingerprint density at radius 1 is 1.42 bits per heavy atom. The van der Waals surface area contributed by atoms with Gasteiger partial charge in [-0.25, -0.2) is 4.79 Å². The fourth-order valence-electron chi connectivity index (χ4n) is 0.670. The van der Waals surface area contributed by atoms with Gasteiger partial charge in [-0.1, -0.05) is 18.2 Å². The maximum Gasteiger partial charge on any atom is 0.420 e. The molecule has 0 aliphatic rings. The first-order valence-corrected chi connectivity index (χ1v) is 3.44. The van der Waals surface area contributed by atoms with Crippen molar-refractivity contribution in [3.8, 4) is 0 Å². The van der Waals surface area contributed by atoms with E-state index in [9.17, 15) is 10.0 Å². The highest BCUT2D eigenvalue weighted by Gasteiger charge is 2.02. The molecule has 0 atom stereocenters. The molecule has 1 aromatic rings. The normalized spacial score (nSPS) is 11.2. The van der Waals surface area contributed by atoms with Gasteiger partial charge in [0.25, 0.3) is 0 Å². The van der Waals surface area contributed by atoms with E-state index in [1.54, 1.807) is 24.3 Å². The second-order valence-corrected chi connectivity index (χ2v) is 2.23. The molecule has 1 aromatic carbocycles. The number of carbonyl (C=O) groups excluding carboxylic acids is 1. The predicted molar refractivity (Wildman–Crippen MR) is 42.8 cm³/mol. The SMILES string of the molecule is CC(=O)[N+]([O-])=Nc1ccccc1. The van der Waals surface area contributed by atoms with E-state index in [-0.39, 0.29) is 4.86 Å². The van der Waals surface area contributed by atoms with Crippen molar-refractivity contribution in [2.45, 2.75) is 6.92 Å². The molecule has 0 saturated carbocycles. The van der Waals surface area contributed by atoms with Crippen LogP contribution in [0.25, 0.3) is 0 Å². The van der Waals surface area contributed by atoms with Crippen molar-refractivity contribution >= 4 is 11.6 Å². The maximum absolute atomic E-state index is 10.7. The van der Waals surface area contributed by atoms with Crippen LogP contribution in [0, 0.1) is 5.21 Å². The number of rotatable bonds is 1. The van der Waals surface area contributed by atoms with Crippen LogP contribution in [0.2, 0.25) is 0 Å². The minimum Gasteiger partial charge on any atom is -0.592 e. The van der Waals surface area contributed by atoms with Crippen LogP contribution in [0.4, 0.5) is 5.69 Å². The average Bonchev–Trinajstić information content (AvgIpc) is 2.06. The summed E-state index contributed by atoms with van der Waals surface area (Å²) < 4.78 is 0. The molecule has 4 heteroatoms. The molecule has 0 spiro atoms. The van der Waals surface area contributed by atoms with E-state index < -0.39 is 5.91 Å². The summed E-state index contributed by atoms with van der Waals surface area (Å²) in [5.41, 5.74) is 0.475. The molecule has 0 aromatic heterocycles. The van der Waals surface area contributed by atoms with Crippen molar-refractivity contribution in [2.24, 2.45) is 5.11 Å². The molecule has 1 amide bonds. The largest absolute Gasteiger partial charge is 0.592 e. The van der Waals surface area contributed by atoms with Gasteiger partial charge in [-0.05, 0) is 17.0 Å². The molecule has 0 fully saturated rings. The van der Waals surface area contributed by atoms with E-state index in [0.717, 1.165) is 0 Å². The smallest absolute Gasteiger partial charge is 0.420 e. The van der Waals surface area contributed by atoms with Gasteiger partial charge in [0.15, 0.2) is 0 Å². The lowest BCUT2D eigenvalue weighted by atomic mass is 10.3. The van der Waals surface area contributed by atoms with Crippen LogP contribution in [0.15, 0.2) is 35.4 Å². The van der Waals surface area contributed by atoms with Crippen LogP contribution in [-0.2, 0) is 4.79 Å². The van der Waals surface area contributed by atoms with Crippen molar-refractivity contribution in [2.75, 3.05) is 0 Å². The first-order chi connectivity index (χ1) is 5.70. The summed E-state index contributed by atoms with van der Waals surface area (Å²) in [6.07, 6.45) is 0. The minimum absolute atomic E-state index is 0.0648. The number of carbonyl (C=O) groups is 1. The van der Waals surface area contributed by atoms with Crippen LogP contribution in [-0.4, -0.2) is 10.8 Å². The van der Waals surface area contributed by atoms with Crippen molar-refractivity contribution in [3.63, 3.8) is 0 Å². The Hall–Kier alpha value is -1.71. The van der Waals surface area contributed by atoms with E-state index in [4.69, 9.17) is 0 Å². The van der Waals surface area contributed by atoms with Crippen LogP contribution in [0.3, 0.4) is 0 Å². The van der Waals surface area contributed by atoms with E-state index >= 15 is 0 Å². The maximum atomic E-state index is 10.7. The van der Waals surface area contributed by atoms with Gasteiger partial charge in [0.2, 0.25) is 0 Å². The highest BCUT2D eigenvalue weighted by atomic mass is 16.5. The molecular formula is C8H8N2O2. The Labute approximate surface area is 69.7 Å². The second-order valence-electron chi connectivity index (χ2n) is 2.23.